The molecule has 0 atom stereocenters. The monoisotopic (exact) mass is 216 g/mol. The maximum atomic E-state index is 12.1. The Morgan fingerprint density at radius 1 is 1.00 bits per heavy atom. The van der Waals surface area contributed by atoms with Gasteiger partial charge >= 0.3 is 0 Å². The molecule has 16 heavy (non-hydrogen) atoms. The lowest BCUT2D eigenvalue weighted by molar-refractivity contribution is 0.0929. The van der Waals surface area contributed by atoms with Gasteiger partial charge in [-0.2, -0.15) is 0 Å². The van der Waals surface area contributed by atoms with E-state index in [0.717, 1.165) is 5.56 Å². The molecule has 0 heterocycles. The van der Waals surface area contributed by atoms with Crippen LogP contribution in [-0.4, -0.2) is 20.0 Å². The number of Topliss-reactive ketones (excluding diaryl/α,β-unsaturated/α-hetero) is 1. The van der Waals surface area contributed by atoms with Crippen LogP contribution in [-0.2, 0) is 9.47 Å². The summed E-state index contributed by atoms with van der Waals surface area (Å²) in [6.07, 6.45) is 0. The Kier molecular flexibility index (Phi) is 2.52. The number of allylic oxidation sites excluding steroid dienone is 2. The molecule has 0 unspecified atom stereocenters. The summed E-state index contributed by atoms with van der Waals surface area (Å²) in [7, 11) is 2.95. The summed E-state index contributed by atoms with van der Waals surface area (Å²) >= 11 is 0. The zero-order valence-corrected chi connectivity index (χ0v) is 9.24. The second-order valence-corrected chi connectivity index (χ2v) is 3.42. The standard InChI is InChI=1S/C13H12O3/c1-8-9-6-4-5-7-10(9)11(14)13(16-3)12(8)15-2/h4-7H,1H2,2-3H3. The van der Waals surface area contributed by atoms with Crippen molar-refractivity contribution in [2.75, 3.05) is 14.2 Å². The number of rotatable bonds is 2. The fourth-order valence-corrected chi connectivity index (χ4v) is 1.83. The van der Waals surface area contributed by atoms with E-state index < -0.39 is 0 Å². The van der Waals surface area contributed by atoms with Crippen molar-refractivity contribution >= 4 is 11.4 Å². The molecule has 1 aromatic rings. The third kappa shape index (κ3) is 1.33. The molecule has 0 saturated carbocycles. The Morgan fingerprint density at radius 2 is 1.56 bits per heavy atom. The Morgan fingerprint density at radius 3 is 2.12 bits per heavy atom. The van der Waals surface area contributed by atoms with Crippen LogP contribution in [0.15, 0.2) is 42.4 Å². The van der Waals surface area contributed by atoms with Gasteiger partial charge in [0, 0.05) is 11.1 Å². The first-order valence-electron chi connectivity index (χ1n) is 4.86. The Bertz CT molecular complexity index is 453. The van der Waals surface area contributed by atoms with E-state index in [0.29, 0.717) is 16.9 Å². The highest BCUT2D eigenvalue weighted by atomic mass is 16.5. The molecule has 1 aromatic carbocycles. The molecule has 0 fully saturated rings. The normalized spacial score (nSPS) is 14.9. The molecule has 3 nitrogen and oxygen atoms in total. The second kappa shape index (κ2) is 3.85. The van der Waals surface area contributed by atoms with Crippen molar-refractivity contribution in [3.8, 4) is 0 Å². The van der Waals surface area contributed by atoms with Crippen LogP contribution in [0.5, 0.6) is 0 Å². The van der Waals surface area contributed by atoms with Gasteiger partial charge in [0.25, 0.3) is 0 Å². The Balaban J connectivity index is 2.67. The predicted molar refractivity (Wildman–Crippen MR) is 60.9 cm³/mol. The van der Waals surface area contributed by atoms with Gasteiger partial charge in [-0.05, 0) is 5.56 Å². The molecular formula is C13H12O3. The molecule has 0 spiro atoms. The number of fused-ring (bicyclic) bond motifs is 1. The van der Waals surface area contributed by atoms with Crippen LogP contribution in [0.25, 0.3) is 5.57 Å². The number of hydrogen-bond acceptors (Lipinski definition) is 3. The van der Waals surface area contributed by atoms with E-state index in [9.17, 15) is 4.79 Å². The molecule has 1 aliphatic carbocycles. The highest BCUT2D eigenvalue weighted by Crippen LogP contribution is 2.34. The van der Waals surface area contributed by atoms with Crippen molar-refractivity contribution in [1.82, 2.24) is 0 Å². The van der Waals surface area contributed by atoms with E-state index in [4.69, 9.17) is 9.47 Å². The number of benzene rings is 1. The molecule has 0 aliphatic heterocycles. The molecule has 82 valence electrons. The van der Waals surface area contributed by atoms with Crippen molar-refractivity contribution in [3.63, 3.8) is 0 Å². The molecule has 0 aromatic heterocycles. The number of ether oxygens (including phenoxy) is 2. The van der Waals surface area contributed by atoms with Crippen LogP contribution in [0.4, 0.5) is 0 Å². The average molecular weight is 216 g/mol. The lowest BCUT2D eigenvalue weighted by Crippen LogP contribution is -2.17. The van der Waals surface area contributed by atoms with Crippen molar-refractivity contribution in [2.24, 2.45) is 0 Å². The SMILES string of the molecule is C=C1C(OC)=C(OC)C(=O)c2ccccc21. The number of ketones is 1. The molecule has 0 saturated heterocycles. The average Bonchev–Trinajstić information content (AvgIpc) is 2.33. The minimum absolute atomic E-state index is 0.164. The van der Waals surface area contributed by atoms with Gasteiger partial charge in [0.1, 0.15) is 0 Å². The first-order chi connectivity index (χ1) is 7.70. The third-order valence-corrected chi connectivity index (χ3v) is 2.59. The number of methoxy groups -OCH3 is 2. The van der Waals surface area contributed by atoms with E-state index in [-0.39, 0.29) is 11.5 Å². The molecule has 3 heteroatoms. The fourth-order valence-electron chi connectivity index (χ4n) is 1.83. The minimum atomic E-state index is -0.164. The summed E-state index contributed by atoms with van der Waals surface area (Å²) in [6.45, 7) is 3.93. The maximum absolute atomic E-state index is 12.1. The summed E-state index contributed by atoms with van der Waals surface area (Å²) in [5.74, 6) is 0.458. The number of carbonyl (C=O) groups is 1. The van der Waals surface area contributed by atoms with E-state index >= 15 is 0 Å². The second-order valence-electron chi connectivity index (χ2n) is 3.42. The predicted octanol–water partition coefficient (Wildman–Crippen LogP) is 2.40. The van der Waals surface area contributed by atoms with Gasteiger partial charge in [-0.3, -0.25) is 4.79 Å². The zero-order valence-electron chi connectivity index (χ0n) is 9.24. The number of carbonyl (C=O) groups excluding carboxylic acids is 1. The van der Waals surface area contributed by atoms with Crippen LogP contribution >= 0.6 is 0 Å². The third-order valence-electron chi connectivity index (χ3n) is 2.59. The molecule has 0 bridgehead atoms. The lowest BCUT2D eigenvalue weighted by Gasteiger charge is -2.21. The first kappa shape index (κ1) is 10.5. The zero-order chi connectivity index (χ0) is 11.7. The van der Waals surface area contributed by atoms with Gasteiger partial charge in [0.2, 0.25) is 11.5 Å². The lowest BCUT2D eigenvalue weighted by atomic mass is 9.90. The van der Waals surface area contributed by atoms with Gasteiger partial charge in [-0.15, -0.1) is 0 Å². The van der Waals surface area contributed by atoms with Crippen LogP contribution in [0.3, 0.4) is 0 Å². The highest BCUT2D eigenvalue weighted by Gasteiger charge is 2.30. The fraction of sp³-hybridized carbons (Fsp3) is 0.154. The van der Waals surface area contributed by atoms with Crippen LogP contribution in [0, 0.1) is 0 Å². The largest absolute Gasteiger partial charge is 0.492 e. The summed E-state index contributed by atoms with van der Waals surface area (Å²) in [6, 6.07) is 7.28. The van der Waals surface area contributed by atoms with Gasteiger partial charge in [-0.1, -0.05) is 30.8 Å². The summed E-state index contributed by atoms with van der Waals surface area (Å²) in [5.41, 5.74) is 2.07. The summed E-state index contributed by atoms with van der Waals surface area (Å²) < 4.78 is 10.2. The van der Waals surface area contributed by atoms with Crippen LogP contribution in [0.2, 0.25) is 0 Å². The highest BCUT2D eigenvalue weighted by molar-refractivity contribution is 6.15. The molecule has 2 rings (SSSR count). The quantitative estimate of drug-likeness (QED) is 0.761. The Hall–Kier alpha value is -2.03. The van der Waals surface area contributed by atoms with E-state index in [1.54, 1.807) is 6.07 Å². The van der Waals surface area contributed by atoms with E-state index in [1.807, 2.05) is 18.2 Å². The van der Waals surface area contributed by atoms with Gasteiger partial charge in [-0.25, -0.2) is 0 Å². The van der Waals surface area contributed by atoms with Crippen molar-refractivity contribution in [3.05, 3.63) is 53.5 Å². The van der Waals surface area contributed by atoms with Crippen LogP contribution < -0.4 is 0 Å². The van der Waals surface area contributed by atoms with Crippen molar-refractivity contribution < 1.29 is 14.3 Å². The van der Waals surface area contributed by atoms with E-state index in [1.165, 1.54) is 14.2 Å². The van der Waals surface area contributed by atoms with Crippen molar-refractivity contribution in [2.45, 2.75) is 0 Å². The van der Waals surface area contributed by atoms with Crippen molar-refractivity contribution in [1.29, 1.82) is 0 Å². The van der Waals surface area contributed by atoms with Gasteiger partial charge in [0.15, 0.2) is 5.76 Å². The molecule has 0 N–H and O–H groups in total. The molecular weight excluding hydrogens is 204 g/mol. The maximum Gasteiger partial charge on any atom is 0.232 e. The minimum Gasteiger partial charge on any atom is -0.492 e. The Labute approximate surface area is 94.0 Å². The topological polar surface area (TPSA) is 35.5 Å². The first-order valence-corrected chi connectivity index (χ1v) is 4.86. The van der Waals surface area contributed by atoms with Gasteiger partial charge < -0.3 is 9.47 Å². The molecule has 1 aliphatic rings. The summed E-state index contributed by atoms with van der Waals surface area (Å²) in [4.78, 5) is 12.1. The van der Waals surface area contributed by atoms with Crippen LogP contribution in [0.1, 0.15) is 15.9 Å². The number of hydrogen-bond donors (Lipinski definition) is 0. The smallest absolute Gasteiger partial charge is 0.232 e. The molecule has 0 radical (unpaired) electrons. The summed E-state index contributed by atoms with van der Waals surface area (Å²) in [5, 5.41) is 0. The molecule has 0 amide bonds. The van der Waals surface area contributed by atoms with Gasteiger partial charge in [0.05, 0.1) is 14.2 Å². The van der Waals surface area contributed by atoms with E-state index in [2.05, 4.69) is 6.58 Å².